The molecule has 53 heavy (non-hydrogen) atoms. The van der Waals surface area contributed by atoms with Crippen molar-refractivity contribution in [2.75, 3.05) is 44.3 Å². The number of carbonyl (C=O) groups is 2. The lowest BCUT2D eigenvalue weighted by molar-refractivity contribution is -0.763. The number of benzene rings is 4. The summed E-state index contributed by atoms with van der Waals surface area (Å²) in [5.74, 6) is -0.766. The first kappa shape index (κ1) is 38.6. The molecule has 1 heterocycles. The second-order valence-electron chi connectivity index (χ2n) is 12.2. The zero-order chi connectivity index (χ0) is 37.6. The largest absolute Gasteiger partial charge is 0.490 e. The van der Waals surface area contributed by atoms with Gasteiger partial charge in [-0.05, 0) is 72.0 Å². The van der Waals surface area contributed by atoms with Crippen LogP contribution in [0, 0.1) is 21.7 Å². The van der Waals surface area contributed by atoms with Gasteiger partial charge in [-0.1, -0.05) is 54.1 Å². The third kappa shape index (κ3) is 12.2. The van der Waals surface area contributed by atoms with E-state index in [2.05, 4.69) is 9.74 Å². The number of carbonyl (C=O) groups excluding carboxylic acids is 2. The standard InChI is InChI=1S/C27H27F2N3O7.C11H12ClNO/c28-22-4-9-25(29)26(17-22)37-15-14-36-24-7-5-23(6-8-24)30-10-12-31(13-11-30)27(33)38-18-20-2-1-3-21(16-20)19-39-32(34)35;12-11-4-2-1-3-9(11)7-13(8-14)10-5-6-10/h1-9,16-17H,10-15,18-19H2;1-4,8,10H,5-7H2. The van der Waals surface area contributed by atoms with Crippen LogP contribution in [0.1, 0.15) is 29.5 Å². The van der Waals surface area contributed by atoms with Gasteiger partial charge in [-0.3, -0.25) is 4.79 Å². The highest BCUT2D eigenvalue weighted by molar-refractivity contribution is 6.31. The Bertz CT molecular complexity index is 1820. The Labute approximate surface area is 310 Å². The molecule has 0 atom stereocenters. The molecule has 0 bridgehead atoms. The number of anilines is 1. The first-order valence-electron chi connectivity index (χ1n) is 17.0. The molecule has 0 spiro atoms. The van der Waals surface area contributed by atoms with Crippen LogP contribution in [0.25, 0.3) is 0 Å². The average molecular weight is 753 g/mol. The van der Waals surface area contributed by atoms with Crippen LogP contribution >= 0.6 is 11.6 Å². The third-order valence-electron chi connectivity index (χ3n) is 8.39. The first-order chi connectivity index (χ1) is 25.7. The Morgan fingerprint density at radius 1 is 0.887 bits per heavy atom. The van der Waals surface area contributed by atoms with Crippen molar-refractivity contribution in [1.29, 1.82) is 0 Å². The van der Waals surface area contributed by atoms with Crippen LogP contribution < -0.4 is 14.4 Å². The number of nitrogens with zero attached hydrogens (tertiary/aromatic N) is 4. The molecule has 4 aromatic carbocycles. The zero-order valence-corrected chi connectivity index (χ0v) is 29.5. The number of ether oxygens (including phenoxy) is 3. The van der Waals surface area contributed by atoms with Gasteiger partial charge in [0.1, 0.15) is 38.0 Å². The van der Waals surface area contributed by atoms with Gasteiger partial charge in [0.15, 0.2) is 11.6 Å². The molecule has 2 aliphatic rings. The summed E-state index contributed by atoms with van der Waals surface area (Å²) in [5.41, 5.74) is 3.31. The number of hydrogen-bond acceptors (Lipinski definition) is 9. The fraction of sp³-hybridized carbons (Fsp3) is 0.316. The van der Waals surface area contributed by atoms with Crippen molar-refractivity contribution in [2.45, 2.75) is 38.6 Å². The van der Waals surface area contributed by atoms with Gasteiger partial charge < -0.3 is 33.7 Å². The van der Waals surface area contributed by atoms with Crippen molar-refractivity contribution >= 4 is 29.8 Å². The average Bonchev–Trinajstić information content (AvgIpc) is 4.02. The van der Waals surface area contributed by atoms with E-state index in [9.17, 15) is 28.5 Å². The molecule has 0 aromatic heterocycles. The minimum atomic E-state index is -0.854. The smallest absolute Gasteiger partial charge is 0.410 e. The molecular weight excluding hydrogens is 714 g/mol. The predicted octanol–water partition coefficient (Wildman–Crippen LogP) is 7.05. The van der Waals surface area contributed by atoms with Crippen LogP contribution in [0.5, 0.6) is 11.5 Å². The van der Waals surface area contributed by atoms with E-state index in [4.69, 9.17) is 25.8 Å². The molecule has 0 N–H and O–H groups in total. The minimum absolute atomic E-state index is 0.0506. The summed E-state index contributed by atoms with van der Waals surface area (Å²) in [4.78, 5) is 43.6. The van der Waals surface area contributed by atoms with Crippen molar-refractivity contribution < 1.29 is 42.5 Å². The van der Waals surface area contributed by atoms with Crippen LogP contribution in [0.2, 0.25) is 5.02 Å². The van der Waals surface area contributed by atoms with Gasteiger partial charge in [-0.15, -0.1) is 10.1 Å². The maximum absolute atomic E-state index is 13.6. The van der Waals surface area contributed by atoms with Gasteiger partial charge in [0, 0.05) is 55.5 Å². The van der Waals surface area contributed by atoms with Crippen LogP contribution in [-0.2, 0) is 34.1 Å². The summed E-state index contributed by atoms with van der Waals surface area (Å²) >= 11 is 6.01. The van der Waals surface area contributed by atoms with Crippen molar-refractivity contribution in [3.63, 3.8) is 0 Å². The lowest BCUT2D eigenvalue weighted by Gasteiger charge is -2.35. The molecule has 1 saturated heterocycles. The normalized spacial score (nSPS) is 13.6. The molecule has 280 valence electrons. The van der Waals surface area contributed by atoms with Crippen molar-refractivity contribution in [3.05, 3.63) is 134 Å². The Kier molecular flexibility index (Phi) is 14.0. The van der Waals surface area contributed by atoms with Crippen molar-refractivity contribution in [3.8, 4) is 11.5 Å². The summed E-state index contributed by atoms with van der Waals surface area (Å²) in [6, 6.07) is 25.4. The lowest BCUT2D eigenvalue weighted by Crippen LogP contribution is -2.48. The minimum Gasteiger partial charge on any atom is -0.490 e. The molecule has 1 aliphatic carbocycles. The van der Waals surface area contributed by atoms with Crippen molar-refractivity contribution in [2.24, 2.45) is 0 Å². The highest BCUT2D eigenvalue weighted by Crippen LogP contribution is 2.28. The first-order valence-corrected chi connectivity index (χ1v) is 17.3. The Morgan fingerprint density at radius 3 is 2.26 bits per heavy atom. The van der Waals surface area contributed by atoms with E-state index in [1.54, 1.807) is 29.2 Å². The SMILES string of the molecule is O=C(OCc1cccc(CO[N+](=O)[O-])c1)N1CCN(c2ccc(OCCOc3cc(F)ccc3F)cc2)CC1.O=CN(Cc1ccccc1Cl)C1CC1. The van der Waals surface area contributed by atoms with Gasteiger partial charge >= 0.3 is 6.09 Å². The zero-order valence-electron chi connectivity index (χ0n) is 28.8. The number of hydrogen-bond donors (Lipinski definition) is 0. The number of rotatable bonds is 15. The summed E-state index contributed by atoms with van der Waals surface area (Å²) < 4.78 is 43.1. The molecule has 6 rings (SSSR count). The molecule has 2 amide bonds. The maximum Gasteiger partial charge on any atom is 0.410 e. The fourth-order valence-electron chi connectivity index (χ4n) is 5.45. The van der Waals surface area contributed by atoms with Gasteiger partial charge in [-0.2, -0.15) is 0 Å². The van der Waals surface area contributed by atoms with Gasteiger partial charge in [-0.25, -0.2) is 13.6 Å². The summed E-state index contributed by atoms with van der Waals surface area (Å²) in [5, 5.41) is 10.2. The van der Waals surface area contributed by atoms with Crippen LogP contribution in [0.3, 0.4) is 0 Å². The third-order valence-corrected chi connectivity index (χ3v) is 8.76. The number of amides is 2. The lowest BCUT2D eigenvalue weighted by atomic mass is 10.1. The summed E-state index contributed by atoms with van der Waals surface area (Å²) in [6.45, 7) is 2.95. The highest BCUT2D eigenvalue weighted by atomic mass is 35.5. The van der Waals surface area contributed by atoms with E-state index < -0.39 is 22.8 Å². The van der Waals surface area contributed by atoms with Crippen molar-refractivity contribution in [1.82, 2.24) is 9.80 Å². The Balaban J connectivity index is 0.000000322. The van der Waals surface area contributed by atoms with E-state index in [0.717, 1.165) is 53.7 Å². The van der Waals surface area contributed by atoms with E-state index in [-0.39, 0.29) is 32.2 Å². The molecular formula is C38H39ClF2N4O8. The molecule has 2 fully saturated rings. The second-order valence-corrected chi connectivity index (χ2v) is 12.6. The molecule has 12 nitrogen and oxygen atoms in total. The Hall–Kier alpha value is -5.63. The fourth-order valence-corrected chi connectivity index (χ4v) is 5.65. The van der Waals surface area contributed by atoms with E-state index >= 15 is 0 Å². The summed E-state index contributed by atoms with van der Waals surface area (Å²) in [7, 11) is 0. The molecule has 0 radical (unpaired) electrons. The van der Waals surface area contributed by atoms with Gasteiger partial charge in [0.25, 0.3) is 5.09 Å². The predicted molar refractivity (Wildman–Crippen MR) is 192 cm³/mol. The topological polar surface area (TPSA) is 124 Å². The molecule has 1 saturated carbocycles. The molecule has 0 unspecified atom stereocenters. The highest BCUT2D eigenvalue weighted by Gasteiger charge is 2.28. The van der Waals surface area contributed by atoms with E-state index in [1.807, 2.05) is 53.4 Å². The number of halogens is 3. The van der Waals surface area contributed by atoms with E-state index in [0.29, 0.717) is 55.6 Å². The quantitative estimate of drug-likeness (QED) is 0.0544. The molecule has 4 aromatic rings. The van der Waals surface area contributed by atoms with Gasteiger partial charge in [0.05, 0.1) is 0 Å². The maximum atomic E-state index is 13.6. The second kappa shape index (κ2) is 19.3. The number of piperazine rings is 1. The van der Waals surface area contributed by atoms with Crippen LogP contribution in [0.15, 0.2) is 91.0 Å². The Morgan fingerprint density at radius 2 is 1.58 bits per heavy atom. The van der Waals surface area contributed by atoms with Crippen LogP contribution in [0.4, 0.5) is 19.3 Å². The molecule has 15 heteroatoms. The van der Waals surface area contributed by atoms with Gasteiger partial charge in [0.2, 0.25) is 6.41 Å². The molecule has 1 aliphatic heterocycles. The monoisotopic (exact) mass is 752 g/mol. The summed E-state index contributed by atoms with van der Waals surface area (Å²) in [6.07, 6.45) is 2.75. The van der Waals surface area contributed by atoms with Crippen LogP contribution in [-0.4, -0.2) is 72.8 Å². The van der Waals surface area contributed by atoms with E-state index in [1.165, 1.54) is 0 Å².